The second kappa shape index (κ2) is 4.93. The summed E-state index contributed by atoms with van der Waals surface area (Å²) >= 11 is 0. The number of nitrogen functional groups attached to an aromatic ring is 1. The lowest BCUT2D eigenvalue weighted by Crippen LogP contribution is -2.13. The van der Waals surface area contributed by atoms with Gasteiger partial charge >= 0.3 is 0 Å². The van der Waals surface area contributed by atoms with Crippen LogP contribution in [-0.4, -0.2) is 18.6 Å². The zero-order valence-corrected chi connectivity index (χ0v) is 11.5. The first-order valence-corrected chi connectivity index (χ1v) is 7.30. The van der Waals surface area contributed by atoms with E-state index in [0.29, 0.717) is 11.6 Å². The van der Waals surface area contributed by atoms with E-state index in [1.54, 1.807) is 12.1 Å². The van der Waals surface area contributed by atoms with Crippen molar-refractivity contribution in [2.75, 3.05) is 10.5 Å². The van der Waals surface area contributed by atoms with Gasteiger partial charge in [0.2, 0.25) is 0 Å². The van der Waals surface area contributed by atoms with E-state index >= 15 is 0 Å². The molecule has 19 heavy (non-hydrogen) atoms. The lowest BCUT2D eigenvalue weighted by molar-refractivity contribution is 0.601. The Hall–Kier alpha value is -2.02. The fourth-order valence-corrected chi connectivity index (χ4v) is 2.73. The number of nitrogens with one attached hydrogen (secondary N) is 2. The molecule has 0 aliphatic carbocycles. The van der Waals surface area contributed by atoms with Crippen LogP contribution in [0, 0.1) is 0 Å². The monoisotopic (exact) mass is 280 g/mol. The second-order valence-electron chi connectivity index (χ2n) is 4.53. The molecule has 0 unspecified atom stereocenters. The number of rotatable bonds is 4. The topological polar surface area (TPSA) is 101 Å². The number of nitrogens with zero attached hydrogens (tertiary/aromatic N) is 1. The fourth-order valence-electron chi connectivity index (χ4n) is 1.65. The summed E-state index contributed by atoms with van der Waals surface area (Å²) in [6, 6.07) is 7.23. The molecule has 1 aromatic heterocycles. The van der Waals surface area contributed by atoms with Crippen LogP contribution in [0.15, 0.2) is 35.4 Å². The molecule has 1 heterocycles. The Balaban J connectivity index is 2.24. The molecule has 6 nitrogen and oxygen atoms in total. The van der Waals surface area contributed by atoms with Gasteiger partial charge in [-0.2, -0.15) is 5.10 Å². The van der Waals surface area contributed by atoms with Crippen LogP contribution in [0.25, 0.3) is 0 Å². The highest BCUT2D eigenvalue weighted by Crippen LogP contribution is 2.21. The molecule has 102 valence electrons. The van der Waals surface area contributed by atoms with Crippen molar-refractivity contribution >= 4 is 21.5 Å². The molecule has 0 saturated carbocycles. The lowest BCUT2D eigenvalue weighted by Gasteiger charge is -2.09. The van der Waals surface area contributed by atoms with Crippen LogP contribution >= 0.6 is 0 Å². The Labute approximate surface area is 112 Å². The minimum Gasteiger partial charge on any atom is -0.383 e. The summed E-state index contributed by atoms with van der Waals surface area (Å²) < 4.78 is 26.6. The summed E-state index contributed by atoms with van der Waals surface area (Å²) in [5.74, 6) is 0.418. The number of aromatic amines is 1. The van der Waals surface area contributed by atoms with Crippen LogP contribution < -0.4 is 10.5 Å². The first-order chi connectivity index (χ1) is 8.90. The van der Waals surface area contributed by atoms with E-state index in [-0.39, 0.29) is 10.7 Å². The van der Waals surface area contributed by atoms with Crippen LogP contribution in [0.3, 0.4) is 0 Å². The average Bonchev–Trinajstić information content (AvgIpc) is 2.76. The zero-order valence-electron chi connectivity index (χ0n) is 10.7. The summed E-state index contributed by atoms with van der Waals surface area (Å²) in [7, 11) is -3.70. The molecule has 2 rings (SSSR count). The second-order valence-corrected chi connectivity index (χ2v) is 6.18. The molecular weight excluding hydrogens is 264 g/mol. The minimum absolute atomic E-state index is 0.0197. The van der Waals surface area contributed by atoms with Crippen molar-refractivity contribution < 1.29 is 8.42 Å². The van der Waals surface area contributed by atoms with Crippen LogP contribution in [0.2, 0.25) is 0 Å². The molecule has 0 saturated heterocycles. The van der Waals surface area contributed by atoms with E-state index < -0.39 is 10.0 Å². The molecule has 4 N–H and O–H groups in total. The van der Waals surface area contributed by atoms with Crippen molar-refractivity contribution in [1.82, 2.24) is 10.2 Å². The highest BCUT2D eigenvalue weighted by Gasteiger charge is 2.19. The Bertz CT molecular complexity index is 659. The van der Waals surface area contributed by atoms with E-state index in [1.165, 1.54) is 6.20 Å². The van der Waals surface area contributed by atoms with E-state index in [9.17, 15) is 8.42 Å². The summed E-state index contributed by atoms with van der Waals surface area (Å²) in [6.07, 6.45) is 1.18. The maximum atomic E-state index is 12.1. The highest BCUT2D eigenvalue weighted by atomic mass is 32.2. The normalized spacial score (nSPS) is 11.7. The van der Waals surface area contributed by atoms with E-state index in [0.717, 1.165) is 5.56 Å². The number of anilines is 2. The van der Waals surface area contributed by atoms with Crippen molar-refractivity contribution in [1.29, 1.82) is 0 Å². The van der Waals surface area contributed by atoms with Gasteiger partial charge in [0, 0.05) is 5.69 Å². The Morgan fingerprint density at radius 1 is 1.26 bits per heavy atom. The molecular formula is C12H16N4O2S. The third kappa shape index (κ3) is 2.87. The maximum Gasteiger partial charge on any atom is 0.267 e. The number of nitrogens with two attached hydrogens (primary N) is 1. The first kappa shape index (κ1) is 13.4. The average molecular weight is 280 g/mol. The largest absolute Gasteiger partial charge is 0.383 e. The molecule has 1 aromatic carbocycles. The third-order valence-corrected chi connectivity index (χ3v) is 4.16. The van der Waals surface area contributed by atoms with Gasteiger partial charge in [-0.15, -0.1) is 0 Å². The standard InChI is InChI=1S/C12H16N4O2S/c1-8(2)9-3-5-10(6-4-9)16-19(17,18)11-7-14-15-12(11)13/h3-8,16H,1-2H3,(H3,13,14,15). The molecule has 0 bridgehead atoms. The minimum atomic E-state index is -3.70. The van der Waals surface area contributed by atoms with Gasteiger partial charge in [0.05, 0.1) is 6.20 Å². The Kier molecular flexibility index (Phi) is 3.48. The fraction of sp³-hybridized carbons (Fsp3) is 0.250. The van der Waals surface area contributed by atoms with Gasteiger partial charge in [-0.25, -0.2) is 8.42 Å². The number of sulfonamides is 1. The van der Waals surface area contributed by atoms with Crippen molar-refractivity contribution in [3.8, 4) is 0 Å². The molecule has 0 atom stereocenters. The third-order valence-electron chi connectivity index (χ3n) is 2.75. The number of H-pyrrole nitrogens is 1. The first-order valence-electron chi connectivity index (χ1n) is 5.82. The predicted molar refractivity (Wildman–Crippen MR) is 74.3 cm³/mol. The molecule has 0 fully saturated rings. The van der Waals surface area contributed by atoms with Crippen LogP contribution in [0.5, 0.6) is 0 Å². The Morgan fingerprint density at radius 2 is 1.89 bits per heavy atom. The smallest absolute Gasteiger partial charge is 0.267 e. The van der Waals surface area contributed by atoms with Crippen molar-refractivity contribution in [2.24, 2.45) is 0 Å². The van der Waals surface area contributed by atoms with E-state index in [4.69, 9.17) is 5.73 Å². The van der Waals surface area contributed by atoms with Crippen LogP contribution in [-0.2, 0) is 10.0 Å². The zero-order chi connectivity index (χ0) is 14.0. The van der Waals surface area contributed by atoms with Crippen LogP contribution in [0.4, 0.5) is 11.5 Å². The van der Waals surface area contributed by atoms with Gasteiger partial charge in [-0.05, 0) is 23.6 Å². The molecule has 0 spiro atoms. The molecule has 0 aliphatic rings. The summed E-state index contributed by atoms with van der Waals surface area (Å²) in [6.45, 7) is 4.15. The SMILES string of the molecule is CC(C)c1ccc(NS(=O)(=O)c2cn[nH]c2N)cc1. The van der Waals surface area contributed by atoms with Gasteiger partial charge in [0.25, 0.3) is 10.0 Å². The number of hydrogen-bond acceptors (Lipinski definition) is 4. The van der Waals surface area contributed by atoms with Gasteiger partial charge in [0.1, 0.15) is 10.7 Å². The molecule has 2 aromatic rings. The summed E-state index contributed by atoms with van der Waals surface area (Å²) in [5, 5.41) is 5.99. The number of benzene rings is 1. The predicted octanol–water partition coefficient (Wildman–Crippen LogP) is 1.92. The number of hydrogen-bond donors (Lipinski definition) is 3. The van der Waals surface area contributed by atoms with Crippen molar-refractivity contribution in [3.05, 3.63) is 36.0 Å². The van der Waals surface area contributed by atoms with Gasteiger partial charge in [-0.1, -0.05) is 26.0 Å². The highest BCUT2D eigenvalue weighted by molar-refractivity contribution is 7.92. The van der Waals surface area contributed by atoms with E-state index in [1.807, 2.05) is 12.1 Å². The van der Waals surface area contributed by atoms with Gasteiger partial charge < -0.3 is 5.73 Å². The van der Waals surface area contributed by atoms with Gasteiger partial charge in [-0.3, -0.25) is 9.82 Å². The number of aromatic nitrogens is 2. The Morgan fingerprint density at radius 3 is 2.37 bits per heavy atom. The molecule has 0 radical (unpaired) electrons. The quantitative estimate of drug-likeness (QED) is 0.796. The van der Waals surface area contributed by atoms with Gasteiger partial charge in [0.15, 0.2) is 0 Å². The van der Waals surface area contributed by atoms with Crippen molar-refractivity contribution in [3.63, 3.8) is 0 Å². The maximum absolute atomic E-state index is 12.1. The van der Waals surface area contributed by atoms with Crippen LogP contribution in [0.1, 0.15) is 25.3 Å². The van der Waals surface area contributed by atoms with Crippen molar-refractivity contribution in [2.45, 2.75) is 24.7 Å². The molecule has 7 heteroatoms. The molecule has 0 amide bonds. The van der Waals surface area contributed by atoms with E-state index in [2.05, 4.69) is 28.8 Å². The lowest BCUT2D eigenvalue weighted by atomic mass is 10.0. The summed E-state index contributed by atoms with van der Waals surface area (Å²) in [4.78, 5) is -0.0552. The summed E-state index contributed by atoms with van der Waals surface area (Å²) in [5.41, 5.74) is 7.14. The molecule has 0 aliphatic heterocycles.